The Balaban J connectivity index is 1.90. The molecule has 0 saturated heterocycles. The van der Waals surface area contributed by atoms with Gasteiger partial charge in [-0.3, -0.25) is 9.78 Å². The van der Waals surface area contributed by atoms with Crippen LogP contribution in [0, 0.1) is 0 Å². The highest BCUT2D eigenvalue weighted by atomic mass is 32.2. The Morgan fingerprint density at radius 1 is 1.11 bits per heavy atom. The molecule has 0 saturated carbocycles. The van der Waals surface area contributed by atoms with Crippen LogP contribution >= 0.6 is 0 Å². The summed E-state index contributed by atoms with van der Waals surface area (Å²) < 4.78 is 30.0. The smallest absolute Gasteiger partial charge is 0.335 e. The maximum absolute atomic E-state index is 12.6. The lowest BCUT2D eigenvalue weighted by molar-refractivity contribution is 0.0928. The molecule has 0 aliphatic heterocycles. The highest BCUT2D eigenvalue weighted by Gasteiger charge is 2.29. The number of sulfone groups is 1. The molecule has 0 radical (unpaired) electrons. The van der Waals surface area contributed by atoms with Crippen molar-refractivity contribution in [2.45, 2.75) is 36.8 Å². The van der Waals surface area contributed by atoms with Crippen molar-refractivity contribution in [2.75, 3.05) is 0 Å². The number of benzene rings is 1. The molecule has 146 valence electrons. The van der Waals surface area contributed by atoms with Gasteiger partial charge >= 0.3 is 5.22 Å². The maximum Gasteiger partial charge on any atom is 0.335 e. The number of pyridine rings is 1. The summed E-state index contributed by atoms with van der Waals surface area (Å²) in [7, 11) is -3.71. The minimum atomic E-state index is -3.71. The Kier molecular flexibility index (Phi) is 5.84. The van der Waals surface area contributed by atoms with Crippen molar-refractivity contribution >= 4 is 15.7 Å². The van der Waals surface area contributed by atoms with Crippen LogP contribution in [0.15, 0.2) is 64.5 Å². The van der Waals surface area contributed by atoms with E-state index in [0.717, 1.165) is 5.56 Å². The van der Waals surface area contributed by atoms with Crippen LogP contribution in [0.4, 0.5) is 0 Å². The maximum atomic E-state index is 12.6. The van der Waals surface area contributed by atoms with Crippen LogP contribution in [0.25, 0.3) is 0 Å². The zero-order valence-corrected chi connectivity index (χ0v) is 16.3. The van der Waals surface area contributed by atoms with Crippen LogP contribution in [0.3, 0.4) is 0 Å². The van der Waals surface area contributed by atoms with Gasteiger partial charge in [0.1, 0.15) is 6.04 Å². The van der Waals surface area contributed by atoms with E-state index in [2.05, 4.69) is 20.5 Å². The van der Waals surface area contributed by atoms with Gasteiger partial charge in [-0.15, -0.1) is 5.10 Å². The number of carbonyl (C=O) groups is 1. The minimum absolute atomic E-state index is 0.0281. The van der Waals surface area contributed by atoms with E-state index in [1.54, 1.807) is 18.3 Å². The lowest BCUT2D eigenvalue weighted by Crippen LogP contribution is -2.30. The van der Waals surface area contributed by atoms with Crippen molar-refractivity contribution in [3.63, 3.8) is 0 Å². The van der Waals surface area contributed by atoms with Crippen LogP contribution in [0.5, 0.6) is 0 Å². The number of hydrogen-bond acceptors (Lipinski definition) is 7. The van der Waals surface area contributed by atoms with Crippen LogP contribution in [-0.4, -0.2) is 34.8 Å². The van der Waals surface area contributed by atoms with Gasteiger partial charge in [-0.25, -0.2) is 8.42 Å². The molecule has 9 heteroatoms. The first-order valence-electron chi connectivity index (χ1n) is 8.70. The number of nitrogens with one attached hydrogen (secondary N) is 1. The van der Waals surface area contributed by atoms with Crippen LogP contribution in [-0.2, 0) is 16.3 Å². The molecule has 1 amide bonds. The summed E-state index contributed by atoms with van der Waals surface area (Å²) in [4.78, 5) is 16.5. The minimum Gasteiger partial charge on any atom is -0.410 e. The lowest BCUT2D eigenvalue weighted by Gasteiger charge is -2.15. The van der Waals surface area contributed by atoms with Gasteiger partial charge in [0.05, 0.1) is 10.8 Å². The number of rotatable bonds is 7. The zero-order chi connectivity index (χ0) is 20.1. The average Bonchev–Trinajstić information content (AvgIpc) is 3.20. The number of carbonyl (C=O) groups excluding carboxylic acids is 1. The molecule has 0 fully saturated rings. The summed E-state index contributed by atoms with van der Waals surface area (Å²) >= 11 is 0. The van der Waals surface area contributed by atoms with E-state index in [1.165, 1.54) is 20.0 Å². The van der Waals surface area contributed by atoms with Gasteiger partial charge in [0.15, 0.2) is 0 Å². The van der Waals surface area contributed by atoms with E-state index in [-0.39, 0.29) is 11.8 Å². The summed E-state index contributed by atoms with van der Waals surface area (Å²) in [5.74, 6) is -0.346. The first-order valence-corrected chi connectivity index (χ1v) is 10.2. The second-order valence-electron chi connectivity index (χ2n) is 6.46. The molecule has 1 aromatic carbocycles. The van der Waals surface area contributed by atoms with Crippen molar-refractivity contribution < 1.29 is 17.6 Å². The number of nitrogens with zero attached hydrogens (tertiary/aromatic N) is 3. The molecule has 1 atom stereocenters. The molecule has 0 unspecified atom stereocenters. The van der Waals surface area contributed by atoms with Crippen molar-refractivity contribution in [1.29, 1.82) is 0 Å². The Bertz CT molecular complexity index is 1030. The molecule has 0 bridgehead atoms. The quantitative estimate of drug-likeness (QED) is 0.647. The summed E-state index contributed by atoms with van der Waals surface area (Å²) in [6.45, 7) is 3.07. The third kappa shape index (κ3) is 4.42. The Labute approximate surface area is 162 Å². The van der Waals surface area contributed by atoms with Gasteiger partial charge in [-0.2, -0.15) is 0 Å². The highest BCUT2D eigenvalue weighted by molar-refractivity contribution is 7.91. The van der Waals surface area contributed by atoms with Gasteiger partial charge in [0, 0.05) is 18.8 Å². The second-order valence-corrected chi connectivity index (χ2v) is 8.84. The Hall–Kier alpha value is -3.07. The molecule has 1 N–H and O–H groups in total. The summed E-state index contributed by atoms with van der Waals surface area (Å²) in [6.07, 6.45) is 3.37. The van der Waals surface area contributed by atoms with E-state index in [1.807, 2.05) is 30.3 Å². The third-order valence-electron chi connectivity index (χ3n) is 4.10. The van der Waals surface area contributed by atoms with E-state index in [4.69, 9.17) is 4.42 Å². The van der Waals surface area contributed by atoms with Crippen LogP contribution in [0.1, 0.15) is 41.7 Å². The highest BCUT2D eigenvalue weighted by Crippen LogP contribution is 2.22. The van der Waals surface area contributed by atoms with Gasteiger partial charge < -0.3 is 9.73 Å². The fourth-order valence-corrected chi connectivity index (χ4v) is 3.23. The van der Waals surface area contributed by atoms with E-state index in [9.17, 15) is 13.2 Å². The lowest BCUT2D eigenvalue weighted by atomic mass is 10.1. The predicted octanol–water partition coefficient (Wildman–Crippen LogP) is 2.36. The topological polar surface area (TPSA) is 115 Å². The fourth-order valence-electron chi connectivity index (χ4n) is 2.47. The normalized spacial score (nSPS) is 12.7. The molecule has 0 aliphatic carbocycles. The molecule has 2 heterocycles. The first kappa shape index (κ1) is 19.7. The Morgan fingerprint density at radius 3 is 2.50 bits per heavy atom. The molecule has 28 heavy (non-hydrogen) atoms. The molecular weight excluding hydrogens is 380 g/mol. The monoisotopic (exact) mass is 400 g/mol. The Morgan fingerprint density at radius 2 is 1.86 bits per heavy atom. The fraction of sp³-hybridized carbons (Fsp3) is 0.263. The van der Waals surface area contributed by atoms with Gasteiger partial charge in [0.2, 0.25) is 15.7 Å². The molecule has 2 aromatic heterocycles. The summed E-state index contributed by atoms with van der Waals surface area (Å²) in [6, 6.07) is 12.0. The molecule has 3 aromatic rings. The van der Waals surface area contributed by atoms with Gasteiger partial charge in [-0.1, -0.05) is 35.4 Å². The van der Waals surface area contributed by atoms with Crippen molar-refractivity contribution in [3.05, 3.63) is 71.9 Å². The summed E-state index contributed by atoms with van der Waals surface area (Å²) in [5, 5.41) is 9.24. The van der Waals surface area contributed by atoms with E-state index >= 15 is 0 Å². The molecule has 0 spiro atoms. The van der Waals surface area contributed by atoms with Crippen LogP contribution < -0.4 is 5.32 Å². The van der Waals surface area contributed by atoms with E-state index in [0.29, 0.717) is 12.0 Å². The molecule has 3 rings (SSSR count). The molecule has 0 aliphatic rings. The first-order chi connectivity index (χ1) is 13.4. The largest absolute Gasteiger partial charge is 0.410 e. The molecular formula is C19H20N4O4S. The standard InChI is InChI=1S/C19H20N4O4S/c1-13(2)28(25,26)19-23-22-18(27-19)16(11-14-7-4-3-5-8-14)21-17(24)15-9-6-10-20-12-15/h3-10,12-13,16H,11H2,1-2H3,(H,21,24)/t16-/m0/s1. The van der Waals surface area contributed by atoms with Crippen molar-refractivity contribution in [3.8, 4) is 0 Å². The van der Waals surface area contributed by atoms with Gasteiger partial charge in [0.25, 0.3) is 5.91 Å². The van der Waals surface area contributed by atoms with Crippen LogP contribution in [0.2, 0.25) is 0 Å². The number of amides is 1. The van der Waals surface area contributed by atoms with Crippen molar-refractivity contribution in [2.24, 2.45) is 0 Å². The number of hydrogen-bond donors (Lipinski definition) is 1. The van der Waals surface area contributed by atoms with Gasteiger partial charge in [-0.05, 0) is 31.5 Å². The van der Waals surface area contributed by atoms with Crippen molar-refractivity contribution in [1.82, 2.24) is 20.5 Å². The zero-order valence-electron chi connectivity index (χ0n) is 15.4. The third-order valence-corrected chi connectivity index (χ3v) is 5.99. The predicted molar refractivity (Wildman–Crippen MR) is 101 cm³/mol. The summed E-state index contributed by atoms with van der Waals surface area (Å²) in [5.41, 5.74) is 1.29. The van der Waals surface area contributed by atoms with E-state index < -0.39 is 26.4 Å². The second kappa shape index (κ2) is 8.30. The molecule has 8 nitrogen and oxygen atoms in total. The average molecular weight is 400 g/mol. The number of aromatic nitrogens is 3. The SMILES string of the molecule is CC(C)S(=O)(=O)c1nnc([C@H](Cc2ccccc2)NC(=O)c2cccnc2)o1.